The summed E-state index contributed by atoms with van der Waals surface area (Å²) < 4.78 is 18.9. The van der Waals surface area contributed by atoms with Crippen molar-refractivity contribution in [3.8, 4) is 0 Å². The first-order valence-electron chi connectivity index (χ1n) is 6.27. The molecule has 0 radical (unpaired) electrons. The molecule has 7 nitrogen and oxygen atoms in total. The minimum absolute atomic E-state index is 0.0639. The van der Waals surface area contributed by atoms with Crippen LogP contribution in [0.3, 0.4) is 0 Å². The molecule has 21 heavy (non-hydrogen) atoms. The number of nitrogens with two attached hydrogens (primary N) is 1. The van der Waals surface area contributed by atoms with E-state index in [2.05, 4.69) is 5.32 Å². The van der Waals surface area contributed by atoms with Crippen molar-refractivity contribution in [1.29, 1.82) is 0 Å². The van der Waals surface area contributed by atoms with Gasteiger partial charge in [-0.15, -0.1) is 0 Å². The Labute approximate surface area is 121 Å². The normalized spacial score (nSPS) is 12.6. The van der Waals surface area contributed by atoms with E-state index in [0.29, 0.717) is 0 Å². The fraction of sp³-hybridized carbons (Fsp3) is 0.462. The number of carbonyl (C=O) groups is 1. The minimum atomic E-state index is -0.833. The number of nitrogens with one attached hydrogen (secondary N) is 1. The van der Waals surface area contributed by atoms with E-state index in [9.17, 15) is 19.3 Å². The molecule has 0 aliphatic carbocycles. The lowest BCUT2D eigenvalue weighted by molar-refractivity contribution is -0.385. The standard InChI is InChI=1S/C13H18FN3O4/c1-13(2,3)21-12(18)16-11(7-15)9-5-4-8(17(19)20)6-10(9)14/h4-6,11H,7,15H2,1-3H3,(H,16,18). The van der Waals surface area contributed by atoms with Crippen LogP contribution < -0.4 is 11.1 Å². The van der Waals surface area contributed by atoms with Crippen LogP contribution in [0.2, 0.25) is 0 Å². The van der Waals surface area contributed by atoms with Gasteiger partial charge in [0.15, 0.2) is 0 Å². The predicted octanol–water partition coefficient (Wildman–Crippen LogP) is 2.26. The van der Waals surface area contributed by atoms with Gasteiger partial charge in [0.1, 0.15) is 11.4 Å². The molecular formula is C13H18FN3O4. The molecule has 0 saturated heterocycles. The number of rotatable bonds is 4. The fourth-order valence-electron chi connectivity index (χ4n) is 1.63. The molecule has 0 heterocycles. The second kappa shape index (κ2) is 6.49. The molecule has 0 aliphatic heterocycles. The third kappa shape index (κ3) is 4.99. The highest BCUT2D eigenvalue weighted by Gasteiger charge is 2.22. The highest BCUT2D eigenvalue weighted by Crippen LogP contribution is 2.22. The maximum atomic E-state index is 13.9. The minimum Gasteiger partial charge on any atom is -0.444 e. The van der Waals surface area contributed by atoms with Crippen molar-refractivity contribution in [1.82, 2.24) is 5.32 Å². The van der Waals surface area contributed by atoms with Gasteiger partial charge in [0.25, 0.3) is 5.69 Å². The number of benzene rings is 1. The van der Waals surface area contributed by atoms with E-state index in [4.69, 9.17) is 10.5 Å². The number of nitro benzene ring substituents is 1. The second-order valence-corrected chi connectivity index (χ2v) is 5.40. The fourth-order valence-corrected chi connectivity index (χ4v) is 1.63. The molecule has 0 saturated carbocycles. The van der Waals surface area contributed by atoms with Crippen LogP contribution in [0.4, 0.5) is 14.9 Å². The summed E-state index contributed by atoms with van der Waals surface area (Å²) in [6, 6.07) is 2.33. The average Bonchev–Trinajstić information content (AvgIpc) is 2.34. The molecular weight excluding hydrogens is 281 g/mol. The first-order valence-corrected chi connectivity index (χ1v) is 6.27. The van der Waals surface area contributed by atoms with Gasteiger partial charge in [-0.2, -0.15) is 0 Å². The number of carbonyl (C=O) groups excluding carboxylic acids is 1. The molecule has 0 aromatic heterocycles. The molecule has 0 spiro atoms. The molecule has 0 fully saturated rings. The number of hydrogen-bond donors (Lipinski definition) is 2. The molecule has 1 aromatic carbocycles. The van der Waals surface area contributed by atoms with E-state index in [1.54, 1.807) is 20.8 Å². The quantitative estimate of drug-likeness (QED) is 0.655. The highest BCUT2D eigenvalue weighted by atomic mass is 19.1. The van der Waals surface area contributed by atoms with E-state index in [1.165, 1.54) is 6.07 Å². The third-order valence-corrected chi connectivity index (χ3v) is 2.50. The molecule has 1 aromatic rings. The number of ether oxygens (including phenoxy) is 1. The Morgan fingerprint density at radius 2 is 2.14 bits per heavy atom. The summed E-state index contributed by atoms with van der Waals surface area (Å²) in [4.78, 5) is 21.5. The zero-order chi connectivity index (χ0) is 16.2. The van der Waals surface area contributed by atoms with Gasteiger partial charge in [0.2, 0.25) is 0 Å². The zero-order valence-electron chi connectivity index (χ0n) is 12.1. The molecule has 3 N–H and O–H groups in total. The number of non-ortho nitro benzene ring substituents is 1. The van der Waals surface area contributed by atoms with Crippen molar-refractivity contribution < 1.29 is 18.8 Å². The van der Waals surface area contributed by atoms with Crippen LogP contribution >= 0.6 is 0 Å². The topological polar surface area (TPSA) is 107 Å². The van der Waals surface area contributed by atoms with E-state index in [0.717, 1.165) is 12.1 Å². The van der Waals surface area contributed by atoms with E-state index < -0.39 is 28.5 Å². The van der Waals surface area contributed by atoms with Crippen molar-refractivity contribution >= 4 is 11.8 Å². The van der Waals surface area contributed by atoms with Gasteiger partial charge >= 0.3 is 6.09 Å². The smallest absolute Gasteiger partial charge is 0.408 e. The SMILES string of the molecule is CC(C)(C)OC(=O)NC(CN)c1ccc([N+](=O)[O-])cc1F. The summed E-state index contributed by atoms with van der Waals surface area (Å²) >= 11 is 0. The number of amides is 1. The van der Waals surface area contributed by atoms with Gasteiger partial charge in [-0.25, -0.2) is 9.18 Å². The molecule has 1 rings (SSSR count). The zero-order valence-corrected chi connectivity index (χ0v) is 12.1. The Morgan fingerprint density at radius 3 is 2.57 bits per heavy atom. The lowest BCUT2D eigenvalue weighted by Gasteiger charge is -2.23. The van der Waals surface area contributed by atoms with Gasteiger partial charge in [-0.05, 0) is 26.8 Å². The van der Waals surface area contributed by atoms with Crippen molar-refractivity contribution in [2.45, 2.75) is 32.4 Å². The van der Waals surface area contributed by atoms with Crippen molar-refractivity contribution in [2.75, 3.05) is 6.54 Å². The summed E-state index contributed by atoms with van der Waals surface area (Å²) in [6.45, 7) is 5.00. The van der Waals surface area contributed by atoms with Gasteiger partial charge < -0.3 is 15.8 Å². The van der Waals surface area contributed by atoms with E-state index in [-0.39, 0.29) is 17.8 Å². The van der Waals surface area contributed by atoms with Crippen LogP contribution in [0, 0.1) is 15.9 Å². The lowest BCUT2D eigenvalue weighted by Crippen LogP contribution is -2.38. The number of halogens is 1. The lowest BCUT2D eigenvalue weighted by atomic mass is 10.1. The molecule has 0 aliphatic rings. The van der Waals surface area contributed by atoms with Crippen molar-refractivity contribution in [3.63, 3.8) is 0 Å². The molecule has 0 bridgehead atoms. The van der Waals surface area contributed by atoms with Crippen LogP contribution in [0.5, 0.6) is 0 Å². The Bertz CT molecular complexity index is 543. The van der Waals surface area contributed by atoms with E-state index in [1.807, 2.05) is 0 Å². The highest BCUT2D eigenvalue weighted by molar-refractivity contribution is 5.68. The Balaban J connectivity index is 2.90. The monoisotopic (exact) mass is 299 g/mol. The van der Waals surface area contributed by atoms with Crippen LogP contribution in [0.25, 0.3) is 0 Å². The summed E-state index contributed by atoms with van der Waals surface area (Å²) in [5.74, 6) is -0.810. The van der Waals surface area contributed by atoms with Crippen LogP contribution in [-0.4, -0.2) is 23.2 Å². The van der Waals surface area contributed by atoms with Gasteiger partial charge in [0.05, 0.1) is 17.0 Å². The maximum Gasteiger partial charge on any atom is 0.408 e. The van der Waals surface area contributed by atoms with Gasteiger partial charge in [0, 0.05) is 18.2 Å². The Morgan fingerprint density at radius 1 is 1.52 bits per heavy atom. The van der Waals surface area contributed by atoms with Crippen LogP contribution in [0.15, 0.2) is 18.2 Å². The largest absolute Gasteiger partial charge is 0.444 e. The van der Waals surface area contributed by atoms with Crippen LogP contribution in [-0.2, 0) is 4.74 Å². The second-order valence-electron chi connectivity index (χ2n) is 5.40. The molecule has 8 heteroatoms. The number of alkyl carbamates (subject to hydrolysis) is 1. The number of nitro groups is 1. The molecule has 1 unspecified atom stereocenters. The Hall–Kier alpha value is -2.22. The van der Waals surface area contributed by atoms with Gasteiger partial charge in [-0.1, -0.05) is 0 Å². The number of nitrogens with zero attached hydrogens (tertiary/aromatic N) is 1. The summed E-state index contributed by atoms with van der Waals surface area (Å²) in [7, 11) is 0. The maximum absolute atomic E-state index is 13.9. The summed E-state index contributed by atoms with van der Waals surface area (Å²) in [6.07, 6.45) is -0.740. The molecule has 1 atom stereocenters. The van der Waals surface area contributed by atoms with Gasteiger partial charge in [-0.3, -0.25) is 10.1 Å². The van der Waals surface area contributed by atoms with Crippen LogP contribution in [0.1, 0.15) is 32.4 Å². The average molecular weight is 299 g/mol. The molecule has 1 amide bonds. The molecule has 116 valence electrons. The first-order chi connectivity index (χ1) is 9.64. The third-order valence-electron chi connectivity index (χ3n) is 2.50. The Kier molecular flexibility index (Phi) is 5.20. The van der Waals surface area contributed by atoms with Crippen molar-refractivity contribution in [3.05, 3.63) is 39.7 Å². The first kappa shape index (κ1) is 16.8. The predicted molar refractivity (Wildman–Crippen MR) is 74.2 cm³/mol. The van der Waals surface area contributed by atoms with Crippen molar-refractivity contribution in [2.24, 2.45) is 5.73 Å². The summed E-state index contributed by atoms with van der Waals surface area (Å²) in [5, 5.41) is 13.0. The number of hydrogen-bond acceptors (Lipinski definition) is 5. The van der Waals surface area contributed by atoms with E-state index >= 15 is 0 Å². The summed E-state index contributed by atoms with van der Waals surface area (Å²) in [5.41, 5.74) is 4.51.